The topological polar surface area (TPSA) is 231 Å². The van der Waals surface area contributed by atoms with Gasteiger partial charge in [-0.15, -0.1) is 5.10 Å². The van der Waals surface area contributed by atoms with E-state index < -0.39 is 23.4 Å². The summed E-state index contributed by atoms with van der Waals surface area (Å²) in [4.78, 5) is 26.6. The van der Waals surface area contributed by atoms with Crippen molar-refractivity contribution in [1.29, 1.82) is 10.8 Å². The number of pyridine rings is 1. The molecule has 0 amide bonds. The maximum absolute atomic E-state index is 11.1. The lowest BCUT2D eigenvalue weighted by Crippen LogP contribution is -2.00. The number of carboxylic acid groups (broad SMARTS) is 2. The van der Waals surface area contributed by atoms with Gasteiger partial charge in [0.05, 0.1) is 23.1 Å². The molecule has 0 unspecified atom stereocenters. The van der Waals surface area contributed by atoms with E-state index in [1.807, 2.05) is 6.07 Å². The summed E-state index contributed by atoms with van der Waals surface area (Å²) in [6.45, 7) is 0. The Hall–Kier alpha value is -6.10. The Morgan fingerprint density at radius 1 is 1.03 bits per heavy atom. The van der Waals surface area contributed by atoms with Crippen molar-refractivity contribution >= 4 is 23.3 Å². The number of rotatable bonds is 8. The molecule has 38 heavy (non-hydrogen) atoms. The summed E-state index contributed by atoms with van der Waals surface area (Å²) in [5.41, 5.74) is 8.30. The van der Waals surface area contributed by atoms with Crippen LogP contribution in [0.1, 0.15) is 32.0 Å². The summed E-state index contributed by atoms with van der Waals surface area (Å²) in [7, 11) is 0. The van der Waals surface area contributed by atoms with Gasteiger partial charge in [0, 0.05) is 24.0 Å². The molecular weight excluding hydrogens is 496 g/mol. The smallest absolute Gasteiger partial charge is 0.339 e. The van der Waals surface area contributed by atoms with Gasteiger partial charge in [0.15, 0.2) is 0 Å². The van der Waals surface area contributed by atoms with E-state index in [0.29, 0.717) is 11.4 Å². The Balaban J connectivity index is 1.66. The number of nitriles is 1. The zero-order valence-corrected chi connectivity index (χ0v) is 19.1. The molecule has 6 N–H and O–H groups in total. The fourth-order valence-corrected chi connectivity index (χ4v) is 3.35. The fourth-order valence-electron chi connectivity index (χ4n) is 3.35. The van der Waals surface area contributed by atoms with E-state index in [1.165, 1.54) is 65.6 Å². The standard InChI is InChI=1S/C24H16N8O6/c25-9-12-1-6-17(18(29-26)10-27-13-2-4-15(23(35)36)20(33)7-13)28-22(12)19-11-32(31-30-19)14-3-5-16(24(37)38)21(34)8-14/h1-8,10-11,26-27,33-34H,(H,35,36)(H,37,38)/b18-10-,29-26?. The maximum atomic E-state index is 11.1. The second-order valence-corrected chi connectivity index (χ2v) is 7.58. The van der Waals surface area contributed by atoms with Gasteiger partial charge in [-0.1, -0.05) is 5.21 Å². The van der Waals surface area contributed by atoms with Crippen molar-refractivity contribution in [2.24, 2.45) is 5.11 Å². The van der Waals surface area contributed by atoms with E-state index in [2.05, 4.69) is 25.7 Å². The predicted octanol–water partition coefficient (Wildman–Crippen LogP) is 3.45. The predicted molar refractivity (Wildman–Crippen MR) is 130 cm³/mol. The van der Waals surface area contributed by atoms with Crippen LogP contribution in [-0.4, -0.2) is 52.3 Å². The van der Waals surface area contributed by atoms with E-state index in [0.717, 1.165) is 0 Å². The van der Waals surface area contributed by atoms with Crippen molar-refractivity contribution < 1.29 is 30.0 Å². The van der Waals surface area contributed by atoms with Gasteiger partial charge in [-0.25, -0.2) is 24.8 Å². The number of benzene rings is 2. The molecule has 0 aliphatic heterocycles. The fraction of sp³-hybridized carbons (Fsp3) is 0. The molecule has 14 heteroatoms. The van der Waals surface area contributed by atoms with Gasteiger partial charge in [0.2, 0.25) is 0 Å². The van der Waals surface area contributed by atoms with E-state index in [9.17, 15) is 25.1 Å². The summed E-state index contributed by atoms with van der Waals surface area (Å²) in [5.74, 6) is -3.49. The molecule has 0 bridgehead atoms. The van der Waals surface area contributed by atoms with Crippen molar-refractivity contribution in [3.05, 3.63) is 83.3 Å². The lowest BCUT2D eigenvalue weighted by molar-refractivity contribution is 0.0682. The molecule has 0 aliphatic carbocycles. The van der Waals surface area contributed by atoms with Crippen LogP contribution < -0.4 is 5.32 Å². The third-order valence-corrected chi connectivity index (χ3v) is 5.21. The first-order valence-corrected chi connectivity index (χ1v) is 10.5. The molecule has 0 atom stereocenters. The van der Waals surface area contributed by atoms with Crippen LogP contribution in [0.3, 0.4) is 0 Å². The number of aromatic nitrogens is 4. The van der Waals surface area contributed by atoms with Crippen LogP contribution in [0.15, 0.2) is 66.0 Å². The van der Waals surface area contributed by atoms with Crippen molar-refractivity contribution in [2.45, 2.75) is 0 Å². The zero-order valence-electron chi connectivity index (χ0n) is 19.1. The van der Waals surface area contributed by atoms with Crippen LogP contribution in [0.4, 0.5) is 5.69 Å². The first-order chi connectivity index (χ1) is 18.2. The quantitative estimate of drug-likeness (QED) is 0.187. The Kier molecular flexibility index (Phi) is 6.75. The normalized spacial score (nSPS) is 11.0. The first kappa shape index (κ1) is 25.0. The minimum absolute atomic E-state index is 0.0408. The summed E-state index contributed by atoms with van der Waals surface area (Å²) >= 11 is 0. The first-order valence-electron chi connectivity index (χ1n) is 10.5. The van der Waals surface area contributed by atoms with Crippen molar-refractivity contribution in [3.8, 4) is 34.6 Å². The average molecular weight is 512 g/mol. The van der Waals surface area contributed by atoms with Gasteiger partial charge in [-0.3, -0.25) is 0 Å². The third-order valence-electron chi connectivity index (χ3n) is 5.21. The van der Waals surface area contributed by atoms with Gasteiger partial charge in [-0.05, 0) is 36.4 Å². The van der Waals surface area contributed by atoms with Crippen LogP contribution in [-0.2, 0) is 0 Å². The highest BCUT2D eigenvalue weighted by Gasteiger charge is 2.16. The Morgan fingerprint density at radius 2 is 1.71 bits per heavy atom. The van der Waals surface area contributed by atoms with Crippen LogP contribution >= 0.6 is 0 Å². The summed E-state index contributed by atoms with van der Waals surface area (Å²) in [6.07, 6.45) is 2.73. The molecule has 0 saturated carbocycles. The summed E-state index contributed by atoms with van der Waals surface area (Å²) in [6, 6.07) is 12.6. The number of phenols is 2. The molecule has 188 valence electrons. The van der Waals surface area contributed by atoms with Crippen LogP contribution in [0.2, 0.25) is 0 Å². The number of aromatic hydroxyl groups is 2. The van der Waals surface area contributed by atoms with Crippen molar-refractivity contribution in [2.75, 3.05) is 5.32 Å². The lowest BCUT2D eigenvalue weighted by atomic mass is 10.1. The third kappa shape index (κ3) is 4.97. The second-order valence-electron chi connectivity index (χ2n) is 7.58. The summed E-state index contributed by atoms with van der Waals surface area (Å²) < 4.78 is 1.26. The number of hydrogen-bond donors (Lipinski definition) is 6. The van der Waals surface area contributed by atoms with Gasteiger partial charge in [0.1, 0.15) is 45.8 Å². The number of nitrogens with one attached hydrogen (secondary N) is 2. The highest BCUT2D eigenvalue weighted by atomic mass is 16.4. The van der Waals surface area contributed by atoms with Crippen molar-refractivity contribution in [1.82, 2.24) is 20.0 Å². The minimum atomic E-state index is -1.29. The van der Waals surface area contributed by atoms with Gasteiger partial charge in [0.25, 0.3) is 0 Å². The molecule has 4 rings (SSSR count). The number of carbonyl (C=O) groups is 2. The Labute approximate surface area is 212 Å². The Morgan fingerprint density at radius 3 is 2.32 bits per heavy atom. The van der Waals surface area contributed by atoms with Gasteiger partial charge >= 0.3 is 11.9 Å². The molecule has 4 aromatic rings. The van der Waals surface area contributed by atoms with Gasteiger partial charge < -0.3 is 25.7 Å². The molecule has 0 radical (unpaired) electrons. The number of carboxylic acids is 2. The monoisotopic (exact) mass is 512 g/mol. The molecule has 0 aliphatic rings. The van der Waals surface area contributed by atoms with Crippen LogP contribution in [0.25, 0.3) is 22.8 Å². The molecule has 2 aromatic carbocycles. The molecule has 2 heterocycles. The molecular formula is C24H16N8O6. The zero-order chi connectivity index (χ0) is 27.4. The largest absolute Gasteiger partial charge is 0.507 e. The number of nitrogens with zero attached hydrogens (tertiary/aromatic N) is 6. The summed E-state index contributed by atoms with van der Waals surface area (Å²) in [5, 5.41) is 61.7. The minimum Gasteiger partial charge on any atom is -0.507 e. The van der Waals surface area contributed by atoms with E-state index in [4.69, 9.17) is 15.7 Å². The molecule has 0 spiro atoms. The van der Waals surface area contributed by atoms with Gasteiger partial charge in [-0.2, -0.15) is 10.4 Å². The van der Waals surface area contributed by atoms with E-state index in [-0.39, 0.29) is 39.5 Å². The van der Waals surface area contributed by atoms with E-state index >= 15 is 0 Å². The van der Waals surface area contributed by atoms with E-state index in [1.54, 1.807) is 0 Å². The molecule has 0 fully saturated rings. The molecule has 14 nitrogen and oxygen atoms in total. The highest BCUT2D eigenvalue weighted by Crippen LogP contribution is 2.26. The SMILES string of the molecule is N#Cc1ccc(/C(=C/Nc2ccc(C(=O)O)c(O)c2)N=N)nc1-c1cn(-c2ccc(C(=O)O)c(O)c2)nn1. The number of hydrogen-bond acceptors (Lipinski definition) is 11. The lowest BCUT2D eigenvalue weighted by Gasteiger charge is -2.07. The molecule has 2 aromatic heterocycles. The van der Waals surface area contributed by atoms with Crippen LogP contribution in [0.5, 0.6) is 11.5 Å². The van der Waals surface area contributed by atoms with Crippen LogP contribution in [0, 0.1) is 16.9 Å². The Bertz CT molecular complexity index is 1670. The molecule has 0 saturated heterocycles. The number of aromatic carboxylic acids is 2. The van der Waals surface area contributed by atoms with Crippen molar-refractivity contribution in [3.63, 3.8) is 0 Å². The second kappa shape index (κ2) is 10.3. The number of anilines is 1. The highest BCUT2D eigenvalue weighted by molar-refractivity contribution is 5.92. The maximum Gasteiger partial charge on any atom is 0.339 e. The average Bonchev–Trinajstić information content (AvgIpc) is 3.39.